The van der Waals surface area contributed by atoms with Gasteiger partial charge in [0.2, 0.25) is 5.91 Å². The highest BCUT2D eigenvalue weighted by Crippen LogP contribution is 2.44. The molecule has 0 radical (unpaired) electrons. The summed E-state index contributed by atoms with van der Waals surface area (Å²) in [7, 11) is 0. The second-order valence-electron chi connectivity index (χ2n) is 8.63. The number of carbonyl (C=O) groups is 3. The number of carbonyl (C=O) groups excluding carboxylic acids is 2. The Morgan fingerprint density at radius 3 is 2.38 bits per heavy atom. The fourth-order valence-corrected chi connectivity index (χ4v) is 5.76. The molecule has 2 N–H and O–H groups in total. The lowest BCUT2D eigenvalue weighted by Crippen LogP contribution is -2.57. The largest absolute Gasteiger partial charge is 0.480 e. The number of carboxylic acids is 1. The summed E-state index contributed by atoms with van der Waals surface area (Å²) in [6.45, 7) is 2.52. The van der Waals surface area contributed by atoms with E-state index in [1.54, 1.807) is 0 Å². The lowest BCUT2D eigenvalue weighted by atomic mass is 9.98. The zero-order valence-electron chi connectivity index (χ0n) is 19.2. The number of fused-ring (bicyclic) bond motifs is 3. The van der Waals surface area contributed by atoms with Crippen LogP contribution in [0.5, 0.6) is 0 Å². The van der Waals surface area contributed by atoms with Gasteiger partial charge in [0.25, 0.3) is 0 Å². The van der Waals surface area contributed by atoms with Crippen molar-refractivity contribution in [2.45, 2.75) is 44.2 Å². The molecule has 180 valence electrons. The fraction of sp³-hybridized carbons (Fsp3) is 0.423. The average Bonchev–Trinajstić information content (AvgIpc) is 3.18. The number of hydrogen-bond donors (Lipinski definition) is 2. The van der Waals surface area contributed by atoms with E-state index in [9.17, 15) is 19.5 Å². The van der Waals surface area contributed by atoms with Crippen LogP contribution in [0.25, 0.3) is 11.1 Å². The minimum Gasteiger partial charge on any atom is -0.480 e. The minimum absolute atomic E-state index is 0.0709. The van der Waals surface area contributed by atoms with Crippen molar-refractivity contribution in [3.8, 4) is 11.1 Å². The molecule has 1 saturated heterocycles. The van der Waals surface area contributed by atoms with E-state index < -0.39 is 24.1 Å². The van der Waals surface area contributed by atoms with Gasteiger partial charge in [-0.25, -0.2) is 9.59 Å². The van der Waals surface area contributed by atoms with Gasteiger partial charge in [0.05, 0.1) is 0 Å². The van der Waals surface area contributed by atoms with Gasteiger partial charge in [0, 0.05) is 24.0 Å². The molecule has 0 aromatic heterocycles. The van der Waals surface area contributed by atoms with Gasteiger partial charge in [-0.15, -0.1) is 0 Å². The lowest BCUT2D eigenvalue weighted by Gasteiger charge is -2.35. The van der Waals surface area contributed by atoms with Gasteiger partial charge in [-0.1, -0.05) is 68.3 Å². The molecular formula is C26H30N2O5S. The molecule has 2 aromatic carbocycles. The Bertz CT molecular complexity index is 1010. The van der Waals surface area contributed by atoms with E-state index in [1.807, 2.05) is 31.2 Å². The smallest absolute Gasteiger partial charge is 0.407 e. The third kappa shape index (κ3) is 5.06. The number of carboxylic acid groups (broad SMARTS) is 1. The maximum Gasteiger partial charge on any atom is 0.407 e. The molecule has 1 fully saturated rings. The molecule has 34 heavy (non-hydrogen) atoms. The lowest BCUT2D eigenvalue weighted by molar-refractivity contribution is -0.150. The molecule has 4 rings (SSSR count). The van der Waals surface area contributed by atoms with E-state index in [2.05, 4.69) is 29.6 Å². The standard InChI is InChI=1S/C26H30N2O5S/c1-2-3-12-22(24(29)28-13-14-34-16-23(28)25(30)31)27-26(32)33-15-21-19-10-6-4-8-17(19)18-9-5-7-11-20(18)21/h4-11,21-23H,2-3,12-16H2,1H3,(H,27,32)(H,30,31)/t22-,23?/m0/s1. The van der Waals surface area contributed by atoms with Gasteiger partial charge in [0.1, 0.15) is 18.7 Å². The molecule has 1 heterocycles. The van der Waals surface area contributed by atoms with Crippen molar-refractivity contribution in [3.05, 3.63) is 59.7 Å². The molecule has 1 aliphatic heterocycles. The van der Waals surface area contributed by atoms with Crippen LogP contribution in [0.1, 0.15) is 43.2 Å². The molecule has 7 nitrogen and oxygen atoms in total. The van der Waals surface area contributed by atoms with Gasteiger partial charge < -0.3 is 20.1 Å². The topological polar surface area (TPSA) is 95.9 Å². The molecule has 2 amide bonds. The molecule has 1 unspecified atom stereocenters. The van der Waals surface area contributed by atoms with E-state index in [4.69, 9.17) is 4.74 Å². The first-order valence-electron chi connectivity index (χ1n) is 11.7. The Morgan fingerprint density at radius 2 is 1.76 bits per heavy atom. The Hall–Kier alpha value is -3.00. The van der Waals surface area contributed by atoms with Gasteiger partial charge in [-0.05, 0) is 28.7 Å². The number of ether oxygens (including phenoxy) is 1. The van der Waals surface area contributed by atoms with Crippen molar-refractivity contribution in [2.24, 2.45) is 0 Å². The van der Waals surface area contributed by atoms with Gasteiger partial charge >= 0.3 is 12.1 Å². The summed E-state index contributed by atoms with van der Waals surface area (Å²) < 4.78 is 5.62. The van der Waals surface area contributed by atoms with Crippen LogP contribution >= 0.6 is 11.8 Å². The molecule has 0 bridgehead atoms. The van der Waals surface area contributed by atoms with Crippen molar-refractivity contribution >= 4 is 29.7 Å². The second kappa shape index (κ2) is 11.0. The summed E-state index contributed by atoms with van der Waals surface area (Å²) in [6.07, 6.45) is 1.37. The van der Waals surface area contributed by atoms with Crippen LogP contribution < -0.4 is 5.32 Å². The summed E-state index contributed by atoms with van der Waals surface area (Å²) in [5.74, 6) is -0.406. The highest BCUT2D eigenvalue weighted by Gasteiger charge is 2.36. The number of alkyl carbamates (subject to hydrolysis) is 1. The second-order valence-corrected chi connectivity index (χ2v) is 9.78. The van der Waals surface area contributed by atoms with Crippen molar-refractivity contribution in [3.63, 3.8) is 0 Å². The van der Waals surface area contributed by atoms with Crippen LogP contribution in [0.3, 0.4) is 0 Å². The number of hydrogen-bond acceptors (Lipinski definition) is 5. The highest BCUT2D eigenvalue weighted by molar-refractivity contribution is 7.99. The summed E-state index contributed by atoms with van der Waals surface area (Å²) in [6, 6.07) is 14.5. The summed E-state index contributed by atoms with van der Waals surface area (Å²) in [5, 5.41) is 12.3. The number of nitrogens with one attached hydrogen (secondary N) is 1. The van der Waals surface area contributed by atoms with E-state index in [0.717, 1.165) is 35.1 Å². The summed E-state index contributed by atoms with van der Waals surface area (Å²) in [5.41, 5.74) is 4.52. The van der Waals surface area contributed by atoms with Crippen molar-refractivity contribution in [1.29, 1.82) is 0 Å². The van der Waals surface area contributed by atoms with Crippen molar-refractivity contribution < 1.29 is 24.2 Å². The molecule has 2 aromatic rings. The number of unbranched alkanes of at least 4 members (excludes halogenated alkanes) is 1. The van der Waals surface area contributed by atoms with Crippen LogP contribution in [-0.4, -0.2) is 64.7 Å². The Kier molecular flexibility index (Phi) is 7.77. The first kappa shape index (κ1) is 24.1. The van der Waals surface area contributed by atoms with E-state index >= 15 is 0 Å². The Labute approximate surface area is 203 Å². The van der Waals surface area contributed by atoms with Crippen LogP contribution in [0.4, 0.5) is 4.79 Å². The zero-order chi connectivity index (χ0) is 24.1. The molecule has 2 aliphatic rings. The fourth-order valence-electron chi connectivity index (χ4n) is 4.72. The van der Waals surface area contributed by atoms with E-state index in [-0.39, 0.29) is 18.4 Å². The maximum atomic E-state index is 13.2. The maximum absolute atomic E-state index is 13.2. The van der Waals surface area contributed by atoms with Gasteiger partial charge in [-0.2, -0.15) is 11.8 Å². The van der Waals surface area contributed by atoms with Crippen LogP contribution in [0.15, 0.2) is 48.5 Å². The monoisotopic (exact) mass is 482 g/mol. The number of benzene rings is 2. The first-order chi connectivity index (χ1) is 16.5. The minimum atomic E-state index is -1.02. The van der Waals surface area contributed by atoms with Gasteiger partial charge in [-0.3, -0.25) is 4.79 Å². The predicted molar refractivity (Wildman–Crippen MR) is 132 cm³/mol. The van der Waals surface area contributed by atoms with Crippen LogP contribution in [0.2, 0.25) is 0 Å². The molecule has 0 saturated carbocycles. The van der Waals surface area contributed by atoms with E-state index in [1.165, 1.54) is 16.7 Å². The third-order valence-electron chi connectivity index (χ3n) is 6.48. The summed E-state index contributed by atoms with van der Waals surface area (Å²) in [4.78, 5) is 39.1. The SMILES string of the molecule is CCCC[C@H](NC(=O)OCC1c2ccccc2-c2ccccc21)C(=O)N1CCSCC1C(=O)O. The molecule has 0 spiro atoms. The molecule has 8 heteroatoms. The zero-order valence-corrected chi connectivity index (χ0v) is 20.1. The van der Waals surface area contributed by atoms with E-state index in [0.29, 0.717) is 24.5 Å². The first-order valence-corrected chi connectivity index (χ1v) is 12.9. The number of nitrogens with zero attached hydrogens (tertiary/aromatic N) is 1. The van der Waals surface area contributed by atoms with Crippen LogP contribution in [-0.2, 0) is 14.3 Å². The Morgan fingerprint density at radius 1 is 1.12 bits per heavy atom. The molecule has 1 aliphatic carbocycles. The van der Waals surface area contributed by atoms with Crippen molar-refractivity contribution in [1.82, 2.24) is 10.2 Å². The quantitative estimate of drug-likeness (QED) is 0.588. The average molecular weight is 483 g/mol. The van der Waals surface area contributed by atoms with Gasteiger partial charge in [0.15, 0.2) is 0 Å². The highest BCUT2D eigenvalue weighted by atomic mass is 32.2. The molecular weight excluding hydrogens is 452 g/mol. The number of amides is 2. The normalized spacial score (nSPS) is 18.0. The third-order valence-corrected chi connectivity index (χ3v) is 7.50. The predicted octanol–water partition coefficient (Wildman–Crippen LogP) is 4.11. The number of aliphatic carboxylic acids is 1. The van der Waals surface area contributed by atoms with Crippen molar-refractivity contribution in [2.75, 3.05) is 24.7 Å². The van der Waals surface area contributed by atoms with Crippen LogP contribution in [0, 0.1) is 0 Å². The molecule has 2 atom stereocenters. The number of thioether (sulfide) groups is 1. The number of rotatable bonds is 8. The Balaban J connectivity index is 1.44. The summed E-state index contributed by atoms with van der Waals surface area (Å²) >= 11 is 1.52.